The van der Waals surface area contributed by atoms with Crippen LogP contribution >= 0.6 is 24.0 Å². The van der Waals surface area contributed by atoms with Crippen LogP contribution in [0.4, 0.5) is 8.78 Å². The average molecular weight is 545 g/mol. The molecule has 1 heterocycles. The molecule has 5 nitrogen and oxygen atoms in total. The summed E-state index contributed by atoms with van der Waals surface area (Å²) in [4.78, 5) is 4.30. The number of alkyl halides is 2. The number of aryl methyl sites for hydroxylation is 1. The van der Waals surface area contributed by atoms with E-state index in [2.05, 4.69) is 44.6 Å². The SMILES string of the molecule is CN=C(NCc1cc(C)ccc1OC(F)F)NCC1(c2ccccc2)CCOCC1.I. The van der Waals surface area contributed by atoms with E-state index in [0.29, 0.717) is 24.6 Å². The normalized spacial score (nSPS) is 15.8. The second kappa shape index (κ2) is 12.2. The summed E-state index contributed by atoms with van der Waals surface area (Å²) in [5.41, 5.74) is 2.87. The summed E-state index contributed by atoms with van der Waals surface area (Å²) >= 11 is 0. The number of nitrogens with zero attached hydrogens (tertiary/aromatic N) is 1. The molecule has 1 aliphatic rings. The molecule has 0 bridgehead atoms. The third-order valence-corrected chi connectivity index (χ3v) is 5.53. The van der Waals surface area contributed by atoms with Gasteiger partial charge in [0.2, 0.25) is 0 Å². The van der Waals surface area contributed by atoms with Crippen LogP contribution in [0.15, 0.2) is 53.5 Å². The quantitative estimate of drug-likeness (QED) is 0.303. The van der Waals surface area contributed by atoms with Crippen LogP contribution in [0.1, 0.15) is 29.5 Å². The zero-order valence-electron chi connectivity index (χ0n) is 17.9. The highest BCUT2D eigenvalue weighted by Gasteiger charge is 2.34. The number of guanidine groups is 1. The predicted molar refractivity (Wildman–Crippen MR) is 130 cm³/mol. The Morgan fingerprint density at radius 2 is 1.84 bits per heavy atom. The van der Waals surface area contributed by atoms with Gasteiger partial charge < -0.3 is 20.1 Å². The van der Waals surface area contributed by atoms with Crippen LogP contribution in [0.3, 0.4) is 0 Å². The Morgan fingerprint density at radius 1 is 1.13 bits per heavy atom. The van der Waals surface area contributed by atoms with Gasteiger partial charge in [0.1, 0.15) is 5.75 Å². The van der Waals surface area contributed by atoms with E-state index < -0.39 is 6.61 Å². The molecule has 0 spiro atoms. The van der Waals surface area contributed by atoms with Crippen LogP contribution in [0.2, 0.25) is 0 Å². The van der Waals surface area contributed by atoms with Crippen molar-refractivity contribution in [3.8, 4) is 5.75 Å². The lowest BCUT2D eigenvalue weighted by Gasteiger charge is -2.38. The monoisotopic (exact) mass is 545 g/mol. The van der Waals surface area contributed by atoms with Crippen LogP contribution < -0.4 is 15.4 Å². The number of halogens is 3. The van der Waals surface area contributed by atoms with E-state index in [4.69, 9.17) is 4.74 Å². The van der Waals surface area contributed by atoms with Gasteiger partial charge in [-0.3, -0.25) is 4.99 Å². The van der Waals surface area contributed by atoms with Gasteiger partial charge in [-0.2, -0.15) is 8.78 Å². The zero-order chi connectivity index (χ0) is 21.4. The topological polar surface area (TPSA) is 54.9 Å². The van der Waals surface area contributed by atoms with Gasteiger partial charge in [-0.05, 0) is 31.4 Å². The molecule has 1 fully saturated rings. The van der Waals surface area contributed by atoms with E-state index in [1.54, 1.807) is 19.2 Å². The Bertz CT molecular complexity index is 844. The first-order chi connectivity index (χ1) is 14.5. The Balaban J connectivity index is 0.00000341. The van der Waals surface area contributed by atoms with Crippen molar-refractivity contribution >= 4 is 29.9 Å². The highest BCUT2D eigenvalue weighted by molar-refractivity contribution is 14.0. The maximum absolute atomic E-state index is 12.7. The molecule has 2 aromatic rings. The first-order valence-corrected chi connectivity index (χ1v) is 10.1. The number of ether oxygens (including phenoxy) is 2. The molecule has 0 radical (unpaired) electrons. The second-order valence-corrected chi connectivity index (χ2v) is 7.53. The minimum atomic E-state index is -2.86. The number of aliphatic imine (C=N–C) groups is 1. The number of hydrogen-bond donors (Lipinski definition) is 2. The lowest BCUT2D eigenvalue weighted by Crippen LogP contribution is -2.47. The van der Waals surface area contributed by atoms with E-state index >= 15 is 0 Å². The summed E-state index contributed by atoms with van der Waals surface area (Å²) in [5, 5.41) is 6.64. The molecule has 0 saturated carbocycles. The molecule has 1 saturated heterocycles. The molecule has 0 atom stereocenters. The van der Waals surface area contributed by atoms with Crippen molar-refractivity contribution in [1.29, 1.82) is 0 Å². The number of hydrogen-bond acceptors (Lipinski definition) is 3. The molecule has 8 heteroatoms. The van der Waals surface area contributed by atoms with Gasteiger partial charge in [0.25, 0.3) is 0 Å². The van der Waals surface area contributed by atoms with Crippen LogP contribution in [-0.4, -0.2) is 39.4 Å². The first kappa shape index (κ1) is 25.3. The number of nitrogens with one attached hydrogen (secondary N) is 2. The molecular weight excluding hydrogens is 515 g/mol. The smallest absolute Gasteiger partial charge is 0.387 e. The maximum atomic E-state index is 12.7. The lowest BCUT2D eigenvalue weighted by atomic mass is 9.74. The number of benzene rings is 2. The fourth-order valence-corrected chi connectivity index (χ4v) is 3.83. The third-order valence-electron chi connectivity index (χ3n) is 5.53. The van der Waals surface area contributed by atoms with Crippen molar-refractivity contribution in [2.75, 3.05) is 26.8 Å². The fourth-order valence-electron chi connectivity index (χ4n) is 3.83. The Labute approximate surface area is 199 Å². The van der Waals surface area contributed by atoms with Crippen molar-refractivity contribution < 1.29 is 18.3 Å². The Morgan fingerprint density at radius 3 is 2.48 bits per heavy atom. The molecule has 31 heavy (non-hydrogen) atoms. The van der Waals surface area contributed by atoms with Gasteiger partial charge in [0.15, 0.2) is 5.96 Å². The molecular formula is C23H30F2IN3O2. The minimum Gasteiger partial charge on any atom is -0.434 e. The molecule has 2 N–H and O–H groups in total. The van der Waals surface area contributed by atoms with Crippen LogP contribution in [-0.2, 0) is 16.7 Å². The second-order valence-electron chi connectivity index (χ2n) is 7.53. The van der Waals surface area contributed by atoms with E-state index in [-0.39, 0.29) is 35.1 Å². The van der Waals surface area contributed by atoms with Crippen LogP contribution in [0.25, 0.3) is 0 Å². The van der Waals surface area contributed by atoms with Crippen molar-refractivity contribution in [2.45, 2.75) is 38.3 Å². The van der Waals surface area contributed by atoms with Gasteiger partial charge in [0, 0.05) is 44.3 Å². The first-order valence-electron chi connectivity index (χ1n) is 10.1. The minimum absolute atomic E-state index is 0. The van der Waals surface area contributed by atoms with Crippen molar-refractivity contribution in [3.63, 3.8) is 0 Å². The van der Waals surface area contributed by atoms with E-state index in [9.17, 15) is 8.78 Å². The van der Waals surface area contributed by atoms with Gasteiger partial charge in [-0.25, -0.2) is 0 Å². The summed E-state index contributed by atoms with van der Waals surface area (Å²) in [5.74, 6) is 0.782. The maximum Gasteiger partial charge on any atom is 0.387 e. The summed E-state index contributed by atoms with van der Waals surface area (Å²) in [7, 11) is 1.70. The molecule has 2 aromatic carbocycles. The highest BCUT2D eigenvalue weighted by Crippen LogP contribution is 2.34. The molecule has 170 valence electrons. The van der Waals surface area contributed by atoms with E-state index in [1.807, 2.05) is 19.1 Å². The average Bonchev–Trinajstić information content (AvgIpc) is 2.76. The molecule has 0 amide bonds. The van der Waals surface area contributed by atoms with Gasteiger partial charge >= 0.3 is 6.61 Å². The standard InChI is InChI=1S/C23H29F2N3O2.HI/c1-17-8-9-20(30-21(24)25)18(14-17)15-27-22(26-2)28-16-23(10-12-29-13-11-23)19-6-4-3-5-7-19;/h3-9,14,21H,10-13,15-16H2,1-2H3,(H2,26,27,28);1H. The van der Waals surface area contributed by atoms with Gasteiger partial charge in [-0.15, -0.1) is 24.0 Å². The molecule has 0 aromatic heterocycles. The predicted octanol–water partition coefficient (Wildman–Crippen LogP) is 4.63. The fraction of sp³-hybridized carbons (Fsp3) is 0.435. The summed E-state index contributed by atoms with van der Waals surface area (Å²) in [6.07, 6.45) is 1.84. The number of rotatable bonds is 7. The lowest BCUT2D eigenvalue weighted by molar-refractivity contribution is -0.0504. The molecule has 0 unspecified atom stereocenters. The van der Waals surface area contributed by atoms with Crippen molar-refractivity contribution in [1.82, 2.24) is 10.6 Å². The summed E-state index contributed by atoms with van der Waals surface area (Å²) in [6, 6.07) is 15.6. The van der Waals surface area contributed by atoms with Gasteiger partial charge in [-0.1, -0.05) is 48.0 Å². The molecule has 0 aliphatic carbocycles. The Hall–Kier alpha value is -1.94. The Kier molecular flexibility index (Phi) is 9.95. The highest BCUT2D eigenvalue weighted by atomic mass is 127. The molecule has 3 rings (SSSR count). The van der Waals surface area contributed by atoms with Gasteiger partial charge in [0.05, 0.1) is 0 Å². The zero-order valence-corrected chi connectivity index (χ0v) is 20.2. The summed E-state index contributed by atoms with van der Waals surface area (Å²) < 4.78 is 35.7. The third kappa shape index (κ3) is 7.03. The van der Waals surface area contributed by atoms with Crippen molar-refractivity contribution in [2.24, 2.45) is 4.99 Å². The van der Waals surface area contributed by atoms with Crippen LogP contribution in [0, 0.1) is 6.92 Å². The van der Waals surface area contributed by atoms with E-state index in [1.165, 1.54) is 5.56 Å². The molecule has 1 aliphatic heterocycles. The van der Waals surface area contributed by atoms with Crippen molar-refractivity contribution in [3.05, 3.63) is 65.2 Å². The summed E-state index contributed by atoms with van der Waals surface area (Å²) in [6.45, 7) is 1.53. The largest absolute Gasteiger partial charge is 0.434 e. The van der Waals surface area contributed by atoms with Crippen LogP contribution in [0.5, 0.6) is 5.75 Å². The van der Waals surface area contributed by atoms with E-state index in [0.717, 1.165) is 31.6 Å².